The maximum Gasteiger partial charge on any atom is 0.226 e. The average Bonchev–Trinajstić information content (AvgIpc) is 3.06. The second-order valence-corrected chi connectivity index (χ2v) is 6.15. The van der Waals surface area contributed by atoms with E-state index in [2.05, 4.69) is 10.4 Å². The SMILES string of the molecule is CCOc1cccc(C2CC(=O)Nc3c2cnn3-c2ccc(F)cc2)c1. The van der Waals surface area contributed by atoms with E-state index in [9.17, 15) is 9.18 Å². The van der Waals surface area contributed by atoms with Crippen molar-refractivity contribution in [3.63, 3.8) is 0 Å². The van der Waals surface area contributed by atoms with Gasteiger partial charge in [-0.15, -0.1) is 0 Å². The van der Waals surface area contributed by atoms with Gasteiger partial charge in [-0.1, -0.05) is 12.1 Å². The summed E-state index contributed by atoms with van der Waals surface area (Å²) in [7, 11) is 0. The van der Waals surface area contributed by atoms with Gasteiger partial charge in [0.15, 0.2) is 0 Å². The molecule has 2 heterocycles. The Balaban J connectivity index is 1.76. The fourth-order valence-corrected chi connectivity index (χ4v) is 3.28. The van der Waals surface area contributed by atoms with E-state index >= 15 is 0 Å². The Morgan fingerprint density at radius 3 is 2.85 bits per heavy atom. The third-order valence-corrected chi connectivity index (χ3v) is 4.46. The van der Waals surface area contributed by atoms with E-state index in [1.807, 2.05) is 31.2 Å². The Morgan fingerprint density at radius 2 is 2.08 bits per heavy atom. The molecule has 2 aromatic carbocycles. The largest absolute Gasteiger partial charge is 0.494 e. The van der Waals surface area contributed by atoms with Gasteiger partial charge >= 0.3 is 0 Å². The summed E-state index contributed by atoms with van der Waals surface area (Å²) in [6, 6.07) is 13.8. The van der Waals surface area contributed by atoms with Crippen LogP contribution >= 0.6 is 0 Å². The molecule has 0 spiro atoms. The van der Waals surface area contributed by atoms with Crippen molar-refractivity contribution in [1.82, 2.24) is 9.78 Å². The molecule has 4 rings (SSSR count). The fourth-order valence-electron chi connectivity index (χ4n) is 3.28. The lowest BCUT2D eigenvalue weighted by Gasteiger charge is -2.24. The number of fused-ring (bicyclic) bond motifs is 1. The van der Waals surface area contributed by atoms with Crippen LogP contribution in [-0.2, 0) is 4.79 Å². The number of ether oxygens (including phenoxy) is 1. The van der Waals surface area contributed by atoms with Crippen molar-refractivity contribution in [2.24, 2.45) is 0 Å². The maximum atomic E-state index is 13.2. The summed E-state index contributed by atoms with van der Waals surface area (Å²) in [5.74, 6) is 0.911. The highest BCUT2D eigenvalue weighted by Gasteiger charge is 2.30. The maximum absolute atomic E-state index is 13.2. The molecule has 1 N–H and O–H groups in total. The van der Waals surface area contributed by atoms with Crippen LogP contribution in [0.3, 0.4) is 0 Å². The molecule has 0 bridgehead atoms. The average molecular weight is 351 g/mol. The molecule has 0 saturated carbocycles. The van der Waals surface area contributed by atoms with Gasteiger partial charge in [0.2, 0.25) is 5.91 Å². The van der Waals surface area contributed by atoms with Gasteiger partial charge in [0.1, 0.15) is 17.4 Å². The van der Waals surface area contributed by atoms with Gasteiger partial charge in [-0.25, -0.2) is 9.07 Å². The van der Waals surface area contributed by atoms with Crippen molar-refractivity contribution in [3.05, 3.63) is 71.7 Å². The van der Waals surface area contributed by atoms with E-state index in [0.29, 0.717) is 24.5 Å². The van der Waals surface area contributed by atoms with Crippen LogP contribution in [0, 0.1) is 5.82 Å². The molecule has 0 fully saturated rings. The number of carbonyl (C=O) groups is 1. The molecule has 26 heavy (non-hydrogen) atoms. The minimum absolute atomic E-state index is 0.0758. The van der Waals surface area contributed by atoms with E-state index in [1.165, 1.54) is 12.1 Å². The molecule has 3 aromatic rings. The quantitative estimate of drug-likeness (QED) is 0.776. The first kappa shape index (κ1) is 16.3. The molecule has 1 aliphatic rings. The number of carbonyl (C=O) groups excluding carboxylic acids is 1. The van der Waals surface area contributed by atoms with Gasteiger partial charge in [0.05, 0.1) is 18.5 Å². The van der Waals surface area contributed by atoms with Gasteiger partial charge in [0.25, 0.3) is 0 Å². The highest BCUT2D eigenvalue weighted by atomic mass is 19.1. The molecule has 1 amide bonds. The molecule has 1 atom stereocenters. The minimum atomic E-state index is -0.315. The van der Waals surface area contributed by atoms with Gasteiger partial charge in [-0.3, -0.25) is 4.79 Å². The van der Waals surface area contributed by atoms with Crippen LogP contribution in [0.2, 0.25) is 0 Å². The molecule has 1 aliphatic heterocycles. The summed E-state index contributed by atoms with van der Waals surface area (Å²) in [6.07, 6.45) is 2.10. The van der Waals surface area contributed by atoms with Crippen LogP contribution in [-0.4, -0.2) is 22.3 Å². The Bertz CT molecular complexity index is 950. The van der Waals surface area contributed by atoms with Crippen LogP contribution < -0.4 is 10.1 Å². The van der Waals surface area contributed by atoms with Crippen molar-refractivity contribution in [2.75, 3.05) is 11.9 Å². The lowest BCUT2D eigenvalue weighted by molar-refractivity contribution is -0.116. The third kappa shape index (κ3) is 2.94. The summed E-state index contributed by atoms with van der Waals surface area (Å²) >= 11 is 0. The monoisotopic (exact) mass is 351 g/mol. The fraction of sp³-hybridized carbons (Fsp3) is 0.200. The van der Waals surface area contributed by atoms with E-state index in [1.54, 1.807) is 23.0 Å². The van der Waals surface area contributed by atoms with E-state index in [0.717, 1.165) is 16.9 Å². The Labute approximate surface area is 150 Å². The Kier molecular flexibility index (Phi) is 4.16. The number of rotatable bonds is 4. The van der Waals surface area contributed by atoms with Gasteiger partial charge in [-0.2, -0.15) is 5.10 Å². The second-order valence-electron chi connectivity index (χ2n) is 6.15. The summed E-state index contributed by atoms with van der Waals surface area (Å²) in [6.45, 7) is 2.52. The summed E-state index contributed by atoms with van der Waals surface area (Å²) in [5, 5.41) is 7.31. The van der Waals surface area contributed by atoms with Crippen LogP contribution in [0.5, 0.6) is 5.75 Å². The van der Waals surface area contributed by atoms with Crippen molar-refractivity contribution in [1.29, 1.82) is 0 Å². The number of hydrogen-bond donors (Lipinski definition) is 1. The molecule has 0 radical (unpaired) electrons. The smallest absolute Gasteiger partial charge is 0.226 e. The molecule has 0 saturated heterocycles. The number of anilines is 1. The minimum Gasteiger partial charge on any atom is -0.494 e. The lowest BCUT2D eigenvalue weighted by atomic mass is 9.87. The summed E-state index contributed by atoms with van der Waals surface area (Å²) < 4.78 is 20.4. The number of hydrogen-bond acceptors (Lipinski definition) is 3. The molecule has 0 aliphatic carbocycles. The van der Waals surface area contributed by atoms with Crippen molar-refractivity contribution in [2.45, 2.75) is 19.3 Å². The number of nitrogens with one attached hydrogen (secondary N) is 1. The third-order valence-electron chi connectivity index (χ3n) is 4.46. The molecule has 132 valence electrons. The van der Waals surface area contributed by atoms with Gasteiger partial charge in [-0.05, 0) is 48.9 Å². The van der Waals surface area contributed by atoms with Crippen LogP contribution in [0.15, 0.2) is 54.7 Å². The first-order valence-electron chi connectivity index (χ1n) is 8.52. The second kappa shape index (κ2) is 6.63. The molecule has 6 heteroatoms. The van der Waals surface area contributed by atoms with Crippen LogP contribution in [0.4, 0.5) is 10.2 Å². The van der Waals surface area contributed by atoms with Crippen molar-refractivity contribution < 1.29 is 13.9 Å². The Morgan fingerprint density at radius 1 is 1.27 bits per heavy atom. The van der Waals surface area contributed by atoms with Gasteiger partial charge in [0, 0.05) is 17.9 Å². The Hall–Kier alpha value is -3.15. The highest BCUT2D eigenvalue weighted by Crippen LogP contribution is 2.38. The molecule has 5 nitrogen and oxygen atoms in total. The van der Waals surface area contributed by atoms with Gasteiger partial charge < -0.3 is 10.1 Å². The zero-order valence-electron chi connectivity index (χ0n) is 14.3. The number of amides is 1. The zero-order chi connectivity index (χ0) is 18.1. The van der Waals surface area contributed by atoms with E-state index < -0.39 is 0 Å². The van der Waals surface area contributed by atoms with Crippen molar-refractivity contribution >= 4 is 11.7 Å². The molecular formula is C20H18FN3O2. The van der Waals surface area contributed by atoms with Crippen LogP contribution in [0.1, 0.15) is 30.4 Å². The van der Waals surface area contributed by atoms with Crippen molar-refractivity contribution in [3.8, 4) is 11.4 Å². The zero-order valence-corrected chi connectivity index (χ0v) is 14.3. The van der Waals surface area contributed by atoms with E-state index in [-0.39, 0.29) is 17.6 Å². The number of aromatic nitrogens is 2. The number of halogens is 1. The first-order chi connectivity index (χ1) is 12.7. The summed E-state index contributed by atoms with van der Waals surface area (Å²) in [5.41, 5.74) is 2.63. The highest BCUT2D eigenvalue weighted by molar-refractivity contribution is 5.94. The standard InChI is InChI=1S/C20H18FN3O2/c1-2-26-16-5-3-4-13(10-16)17-11-19(25)23-20-18(17)12-22-24(20)15-8-6-14(21)7-9-15/h3-10,12,17H,2,11H2,1H3,(H,23,25). The molecular weight excluding hydrogens is 333 g/mol. The number of nitrogens with zero attached hydrogens (tertiary/aromatic N) is 2. The predicted molar refractivity (Wildman–Crippen MR) is 96.2 cm³/mol. The molecule has 1 unspecified atom stereocenters. The predicted octanol–water partition coefficient (Wildman–Crippen LogP) is 3.88. The van der Waals surface area contributed by atoms with E-state index in [4.69, 9.17) is 4.74 Å². The topological polar surface area (TPSA) is 56.1 Å². The lowest BCUT2D eigenvalue weighted by Crippen LogP contribution is -2.24. The summed E-state index contributed by atoms with van der Waals surface area (Å²) in [4.78, 5) is 12.3. The molecule has 1 aromatic heterocycles. The first-order valence-corrected chi connectivity index (χ1v) is 8.52. The number of benzene rings is 2. The van der Waals surface area contributed by atoms with Crippen LogP contribution in [0.25, 0.3) is 5.69 Å². The normalized spacial score (nSPS) is 16.1.